The van der Waals surface area contributed by atoms with Crippen molar-refractivity contribution in [1.29, 1.82) is 0 Å². The van der Waals surface area contributed by atoms with Crippen LogP contribution in [-0.4, -0.2) is 20.2 Å². The Kier molecular flexibility index (Phi) is 5.12. The Morgan fingerprint density at radius 2 is 2.13 bits per heavy atom. The molecule has 0 aromatic heterocycles. The Bertz CT molecular complexity index is 302. The van der Waals surface area contributed by atoms with Crippen LogP contribution in [0.25, 0.3) is 0 Å². The van der Waals surface area contributed by atoms with Gasteiger partial charge in [0.2, 0.25) is 0 Å². The van der Waals surface area contributed by atoms with E-state index in [2.05, 4.69) is 12.2 Å². The van der Waals surface area contributed by atoms with E-state index in [1.807, 2.05) is 6.07 Å². The van der Waals surface area contributed by atoms with E-state index in [1.165, 1.54) is 7.11 Å². The lowest BCUT2D eigenvalue weighted by molar-refractivity contribution is 0.384. The van der Waals surface area contributed by atoms with Crippen LogP contribution >= 0.6 is 0 Å². The molecule has 0 atom stereocenters. The van der Waals surface area contributed by atoms with Crippen LogP contribution in [-0.2, 0) is 6.42 Å². The molecule has 84 valence electrons. The standard InChI is InChI=1S/C12H18FNO/c1-3-8-14-9-7-10-5-4-6-11(15-2)12(10)13/h4-6,14H,3,7-9H2,1-2H3. The minimum absolute atomic E-state index is 0.238. The summed E-state index contributed by atoms with van der Waals surface area (Å²) in [5.41, 5.74) is 0.706. The molecule has 0 bridgehead atoms. The van der Waals surface area contributed by atoms with Gasteiger partial charge in [0.05, 0.1) is 7.11 Å². The largest absolute Gasteiger partial charge is 0.494 e. The lowest BCUT2D eigenvalue weighted by Gasteiger charge is -2.07. The lowest BCUT2D eigenvalue weighted by Crippen LogP contribution is -2.18. The number of rotatable bonds is 6. The van der Waals surface area contributed by atoms with Crippen molar-refractivity contribution in [2.75, 3.05) is 20.2 Å². The van der Waals surface area contributed by atoms with Gasteiger partial charge in [-0.25, -0.2) is 4.39 Å². The maximum atomic E-state index is 13.6. The zero-order chi connectivity index (χ0) is 11.1. The van der Waals surface area contributed by atoms with E-state index in [0.29, 0.717) is 17.7 Å². The first-order chi connectivity index (χ1) is 7.29. The summed E-state index contributed by atoms with van der Waals surface area (Å²) >= 11 is 0. The minimum Gasteiger partial charge on any atom is -0.494 e. The summed E-state index contributed by atoms with van der Waals surface area (Å²) in [5, 5.41) is 3.24. The number of halogens is 1. The maximum absolute atomic E-state index is 13.6. The van der Waals surface area contributed by atoms with Crippen LogP contribution in [0.1, 0.15) is 18.9 Å². The van der Waals surface area contributed by atoms with Crippen LogP contribution in [0, 0.1) is 5.82 Å². The van der Waals surface area contributed by atoms with Crippen molar-refractivity contribution in [2.24, 2.45) is 0 Å². The monoisotopic (exact) mass is 211 g/mol. The van der Waals surface area contributed by atoms with Crippen LogP contribution in [0.4, 0.5) is 4.39 Å². The van der Waals surface area contributed by atoms with Crippen molar-refractivity contribution in [3.05, 3.63) is 29.6 Å². The number of ether oxygens (including phenoxy) is 1. The molecule has 1 rings (SSSR count). The van der Waals surface area contributed by atoms with Crippen molar-refractivity contribution in [1.82, 2.24) is 5.32 Å². The molecular formula is C12H18FNO. The Hall–Kier alpha value is -1.09. The smallest absolute Gasteiger partial charge is 0.168 e. The van der Waals surface area contributed by atoms with Gasteiger partial charge in [-0.05, 0) is 37.6 Å². The average molecular weight is 211 g/mol. The second-order valence-electron chi connectivity index (χ2n) is 3.43. The zero-order valence-electron chi connectivity index (χ0n) is 9.35. The molecule has 0 aliphatic carbocycles. The third kappa shape index (κ3) is 3.51. The zero-order valence-corrected chi connectivity index (χ0v) is 9.35. The highest BCUT2D eigenvalue weighted by atomic mass is 19.1. The highest BCUT2D eigenvalue weighted by Gasteiger charge is 2.06. The molecule has 0 unspecified atom stereocenters. The number of methoxy groups -OCH3 is 1. The Labute approximate surface area is 90.4 Å². The van der Waals surface area contributed by atoms with E-state index in [4.69, 9.17) is 4.74 Å². The number of benzene rings is 1. The third-order valence-electron chi connectivity index (χ3n) is 2.26. The van der Waals surface area contributed by atoms with Crippen molar-refractivity contribution >= 4 is 0 Å². The molecule has 1 aromatic carbocycles. The van der Waals surface area contributed by atoms with E-state index in [-0.39, 0.29) is 5.82 Å². The quantitative estimate of drug-likeness (QED) is 0.729. The van der Waals surface area contributed by atoms with Crippen LogP contribution < -0.4 is 10.1 Å². The molecule has 3 heteroatoms. The molecule has 2 nitrogen and oxygen atoms in total. The molecular weight excluding hydrogens is 193 g/mol. The predicted molar refractivity (Wildman–Crippen MR) is 59.8 cm³/mol. The second kappa shape index (κ2) is 6.40. The van der Waals surface area contributed by atoms with Gasteiger partial charge >= 0.3 is 0 Å². The van der Waals surface area contributed by atoms with Gasteiger partial charge in [0.15, 0.2) is 11.6 Å². The van der Waals surface area contributed by atoms with Crippen LogP contribution in [0.3, 0.4) is 0 Å². The number of hydrogen-bond acceptors (Lipinski definition) is 2. The van der Waals surface area contributed by atoms with Crippen LogP contribution in [0.2, 0.25) is 0 Å². The molecule has 0 aliphatic heterocycles. The molecule has 15 heavy (non-hydrogen) atoms. The summed E-state index contributed by atoms with van der Waals surface area (Å²) in [7, 11) is 1.48. The van der Waals surface area contributed by atoms with Gasteiger partial charge in [-0.1, -0.05) is 19.1 Å². The Balaban J connectivity index is 2.53. The molecule has 1 N–H and O–H groups in total. The first-order valence-electron chi connectivity index (χ1n) is 5.31. The highest BCUT2D eigenvalue weighted by molar-refractivity contribution is 5.31. The first kappa shape index (κ1) is 12.0. The fourth-order valence-corrected chi connectivity index (χ4v) is 1.43. The fraction of sp³-hybridized carbons (Fsp3) is 0.500. The lowest BCUT2D eigenvalue weighted by atomic mass is 10.1. The number of hydrogen-bond donors (Lipinski definition) is 1. The van der Waals surface area contributed by atoms with Gasteiger partial charge in [0, 0.05) is 0 Å². The van der Waals surface area contributed by atoms with Crippen molar-refractivity contribution < 1.29 is 9.13 Å². The maximum Gasteiger partial charge on any atom is 0.168 e. The van der Waals surface area contributed by atoms with Gasteiger partial charge in [0.1, 0.15) is 0 Å². The van der Waals surface area contributed by atoms with Crippen LogP contribution in [0.15, 0.2) is 18.2 Å². The number of nitrogens with one attached hydrogen (secondary N) is 1. The summed E-state index contributed by atoms with van der Waals surface area (Å²) < 4.78 is 18.5. The van der Waals surface area contributed by atoms with Gasteiger partial charge in [-0.3, -0.25) is 0 Å². The molecule has 0 radical (unpaired) electrons. The minimum atomic E-state index is -0.238. The van der Waals surface area contributed by atoms with Gasteiger partial charge in [-0.2, -0.15) is 0 Å². The summed E-state index contributed by atoms with van der Waals surface area (Å²) in [6, 6.07) is 5.25. The van der Waals surface area contributed by atoms with E-state index >= 15 is 0 Å². The molecule has 0 spiro atoms. The molecule has 0 aliphatic rings. The van der Waals surface area contributed by atoms with Crippen LogP contribution in [0.5, 0.6) is 5.75 Å². The predicted octanol–water partition coefficient (Wildman–Crippen LogP) is 2.38. The first-order valence-corrected chi connectivity index (χ1v) is 5.31. The molecule has 0 saturated carbocycles. The van der Waals surface area contributed by atoms with E-state index < -0.39 is 0 Å². The summed E-state index contributed by atoms with van der Waals surface area (Å²) in [6.45, 7) is 3.89. The van der Waals surface area contributed by atoms with Gasteiger partial charge < -0.3 is 10.1 Å². The second-order valence-corrected chi connectivity index (χ2v) is 3.43. The molecule has 0 heterocycles. The summed E-state index contributed by atoms with van der Waals surface area (Å²) in [4.78, 5) is 0. The van der Waals surface area contributed by atoms with Gasteiger partial charge in [-0.15, -0.1) is 0 Å². The molecule has 0 fully saturated rings. The summed E-state index contributed by atoms with van der Waals surface area (Å²) in [6.07, 6.45) is 1.80. The fourth-order valence-electron chi connectivity index (χ4n) is 1.43. The van der Waals surface area contributed by atoms with Crippen molar-refractivity contribution in [3.63, 3.8) is 0 Å². The van der Waals surface area contributed by atoms with E-state index in [9.17, 15) is 4.39 Å². The van der Waals surface area contributed by atoms with E-state index in [1.54, 1.807) is 12.1 Å². The normalized spacial score (nSPS) is 10.3. The highest BCUT2D eigenvalue weighted by Crippen LogP contribution is 2.19. The van der Waals surface area contributed by atoms with Gasteiger partial charge in [0.25, 0.3) is 0 Å². The average Bonchev–Trinajstić information content (AvgIpc) is 2.26. The van der Waals surface area contributed by atoms with Crippen molar-refractivity contribution in [3.8, 4) is 5.75 Å². The summed E-state index contributed by atoms with van der Waals surface area (Å²) in [5.74, 6) is 0.0845. The Morgan fingerprint density at radius 3 is 2.80 bits per heavy atom. The SMILES string of the molecule is CCCNCCc1cccc(OC)c1F. The molecule has 1 aromatic rings. The van der Waals surface area contributed by atoms with Crippen molar-refractivity contribution in [2.45, 2.75) is 19.8 Å². The molecule has 0 saturated heterocycles. The third-order valence-corrected chi connectivity index (χ3v) is 2.26. The Morgan fingerprint density at radius 1 is 1.33 bits per heavy atom. The van der Waals surface area contributed by atoms with E-state index in [0.717, 1.165) is 19.5 Å². The topological polar surface area (TPSA) is 21.3 Å². The molecule has 0 amide bonds.